The van der Waals surface area contributed by atoms with Gasteiger partial charge in [0.2, 0.25) is 0 Å². The van der Waals surface area contributed by atoms with Gasteiger partial charge in [-0.25, -0.2) is 0 Å². The molecule has 0 bridgehead atoms. The van der Waals surface area contributed by atoms with Crippen LogP contribution < -0.4 is 5.73 Å². The number of rotatable bonds is 6. The monoisotopic (exact) mass is 297 g/mol. The molecule has 1 amide bonds. The SMILES string of the molecule is COCc1cc(C(=O)N(CC(N)=S)C2CCCC2)no1. The molecule has 1 fully saturated rings. The van der Waals surface area contributed by atoms with Crippen molar-refractivity contribution in [2.24, 2.45) is 5.73 Å². The van der Waals surface area contributed by atoms with Gasteiger partial charge < -0.3 is 19.9 Å². The topological polar surface area (TPSA) is 81.6 Å². The van der Waals surface area contributed by atoms with Gasteiger partial charge in [-0.1, -0.05) is 30.2 Å². The summed E-state index contributed by atoms with van der Waals surface area (Å²) < 4.78 is 10.0. The fourth-order valence-corrected chi connectivity index (χ4v) is 2.66. The molecule has 1 aromatic heterocycles. The predicted octanol–water partition coefficient (Wildman–Crippen LogP) is 1.49. The van der Waals surface area contributed by atoms with Gasteiger partial charge in [-0.05, 0) is 12.8 Å². The fraction of sp³-hybridized carbons (Fsp3) is 0.615. The number of thiocarbonyl (C=S) groups is 1. The number of nitrogens with two attached hydrogens (primary N) is 1. The second-order valence-electron chi connectivity index (χ2n) is 4.95. The van der Waals surface area contributed by atoms with Crippen LogP contribution in [0.2, 0.25) is 0 Å². The minimum Gasteiger partial charge on any atom is -0.392 e. The molecule has 110 valence electrons. The Balaban J connectivity index is 2.13. The van der Waals surface area contributed by atoms with Crippen molar-refractivity contribution in [1.29, 1.82) is 0 Å². The molecule has 20 heavy (non-hydrogen) atoms. The number of ether oxygens (including phenoxy) is 1. The molecule has 0 atom stereocenters. The number of carbonyl (C=O) groups is 1. The molecule has 6 nitrogen and oxygen atoms in total. The van der Waals surface area contributed by atoms with Crippen LogP contribution >= 0.6 is 12.2 Å². The molecule has 0 unspecified atom stereocenters. The van der Waals surface area contributed by atoms with E-state index in [4.69, 9.17) is 27.2 Å². The van der Waals surface area contributed by atoms with E-state index in [9.17, 15) is 4.79 Å². The third kappa shape index (κ3) is 3.55. The Morgan fingerprint density at radius 3 is 2.90 bits per heavy atom. The second-order valence-corrected chi connectivity index (χ2v) is 5.47. The lowest BCUT2D eigenvalue weighted by molar-refractivity contribution is 0.0703. The van der Waals surface area contributed by atoms with Gasteiger partial charge in [0.1, 0.15) is 6.61 Å². The molecular formula is C13H19N3O3S. The Hall–Kier alpha value is -1.47. The van der Waals surface area contributed by atoms with Crippen LogP contribution in [0.15, 0.2) is 10.6 Å². The zero-order valence-corrected chi connectivity index (χ0v) is 12.3. The van der Waals surface area contributed by atoms with Gasteiger partial charge in [0.15, 0.2) is 11.5 Å². The van der Waals surface area contributed by atoms with Crippen LogP contribution in [-0.4, -0.2) is 40.6 Å². The number of carbonyl (C=O) groups excluding carboxylic acids is 1. The van der Waals surface area contributed by atoms with Crippen LogP contribution in [0.1, 0.15) is 41.9 Å². The maximum atomic E-state index is 12.5. The number of aromatic nitrogens is 1. The second kappa shape index (κ2) is 6.81. The van der Waals surface area contributed by atoms with Crippen molar-refractivity contribution < 1.29 is 14.1 Å². The van der Waals surface area contributed by atoms with Crippen molar-refractivity contribution in [3.05, 3.63) is 17.5 Å². The smallest absolute Gasteiger partial charge is 0.276 e. The van der Waals surface area contributed by atoms with Crippen molar-refractivity contribution in [1.82, 2.24) is 10.1 Å². The van der Waals surface area contributed by atoms with E-state index in [1.54, 1.807) is 18.1 Å². The first kappa shape index (κ1) is 14.9. The Kier molecular flexibility index (Phi) is 5.08. The summed E-state index contributed by atoms with van der Waals surface area (Å²) in [4.78, 5) is 14.6. The highest BCUT2D eigenvalue weighted by Crippen LogP contribution is 2.24. The highest BCUT2D eigenvalue weighted by molar-refractivity contribution is 7.80. The van der Waals surface area contributed by atoms with Crippen molar-refractivity contribution in [2.75, 3.05) is 13.7 Å². The third-order valence-corrected chi connectivity index (χ3v) is 3.55. The molecule has 1 aromatic rings. The van der Waals surface area contributed by atoms with Crippen molar-refractivity contribution >= 4 is 23.1 Å². The molecule has 1 heterocycles. The van der Waals surface area contributed by atoms with Crippen LogP contribution in [0.25, 0.3) is 0 Å². The molecule has 7 heteroatoms. The Morgan fingerprint density at radius 2 is 2.30 bits per heavy atom. The number of amides is 1. The number of hydrogen-bond acceptors (Lipinski definition) is 5. The Morgan fingerprint density at radius 1 is 1.60 bits per heavy atom. The third-order valence-electron chi connectivity index (χ3n) is 3.42. The average Bonchev–Trinajstić information content (AvgIpc) is 3.06. The molecule has 1 saturated carbocycles. The van der Waals surface area contributed by atoms with Gasteiger partial charge in [-0.2, -0.15) is 0 Å². The van der Waals surface area contributed by atoms with Crippen molar-refractivity contribution in [3.8, 4) is 0 Å². The lowest BCUT2D eigenvalue weighted by atomic mass is 10.2. The van der Waals surface area contributed by atoms with E-state index < -0.39 is 0 Å². The van der Waals surface area contributed by atoms with Crippen LogP contribution in [0.4, 0.5) is 0 Å². The summed E-state index contributed by atoms with van der Waals surface area (Å²) in [5, 5.41) is 3.80. The van der Waals surface area contributed by atoms with Gasteiger partial charge in [0.05, 0.1) is 11.5 Å². The summed E-state index contributed by atoms with van der Waals surface area (Å²) in [6, 6.07) is 1.79. The maximum absolute atomic E-state index is 12.5. The zero-order chi connectivity index (χ0) is 14.5. The number of hydrogen-bond donors (Lipinski definition) is 1. The molecule has 0 spiro atoms. The van der Waals surface area contributed by atoms with Crippen LogP contribution in [-0.2, 0) is 11.3 Å². The summed E-state index contributed by atoms with van der Waals surface area (Å²) in [5.74, 6) is 0.341. The highest BCUT2D eigenvalue weighted by Gasteiger charge is 2.29. The average molecular weight is 297 g/mol. The van der Waals surface area contributed by atoms with E-state index in [1.807, 2.05) is 0 Å². The van der Waals surface area contributed by atoms with Crippen LogP contribution in [0, 0.1) is 0 Å². The van der Waals surface area contributed by atoms with E-state index in [0.29, 0.717) is 17.4 Å². The zero-order valence-electron chi connectivity index (χ0n) is 11.5. The van der Waals surface area contributed by atoms with Gasteiger partial charge in [0, 0.05) is 19.2 Å². The van der Waals surface area contributed by atoms with E-state index >= 15 is 0 Å². The molecule has 2 N–H and O–H groups in total. The van der Waals surface area contributed by atoms with E-state index in [1.165, 1.54) is 0 Å². The largest absolute Gasteiger partial charge is 0.392 e. The van der Waals surface area contributed by atoms with Gasteiger partial charge in [-0.15, -0.1) is 0 Å². The Labute approximate surface area is 123 Å². The van der Waals surface area contributed by atoms with Gasteiger partial charge in [-0.3, -0.25) is 4.79 Å². The minimum absolute atomic E-state index is 0.184. The number of methoxy groups -OCH3 is 1. The number of nitrogens with zero attached hydrogens (tertiary/aromatic N) is 2. The quantitative estimate of drug-likeness (QED) is 0.801. The summed E-state index contributed by atoms with van der Waals surface area (Å²) in [6.45, 7) is 0.574. The summed E-state index contributed by atoms with van der Waals surface area (Å²) in [5.41, 5.74) is 5.88. The summed E-state index contributed by atoms with van der Waals surface area (Å²) >= 11 is 4.94. The molecule has 1 aliphatic carbocycles. The molecule has 0 aliphatic heterocycles. The minimum atomic E-state index is -0.184. The lowest BCUT2D eigenvalue weighted by Gasteiger charge is -2.27. The molecule has 0 saturated heterocycles. The van der Waals surface area contributed by atoms with Crippen LogP contribution in [0.5, 0.6) is 0 Å². The van der Waals surface area contributed by atoms with Crippen molar-refractivity contribution in [2.45, 2.75) is 38.3 Å². The lowest BCUT2D eigenvalue weighted by Crippen LogP contribution is -2.43. The molecule has 1 aliphatic rings. The molecular weight excluding hydrogens is 278 g/mol. The first-order valence-corrected chi connectivity index (χ1v) is 7.06. The molecule has 2 rings (SSSR count). The maximum Gasteiger partial charge on any atom is 0.276 e. The first-order valence-electron chi connectivity index (χ1n) is 6.65. The van der Waals surface area contributed by atoms with E-state index in [2.05, 4.69) is 5.16 Å². The van der Waals surface area contributed by atoms with Crippen LogP contribution in [0.3, 0.4) is 0 Å². The summed E-state index contributed by atoms with van der Waals surface area (Å²) in [6.07, 6.45) is 4.22. The molecule has 0 aromatic carbocycles. The van der Waals surface area contributed by atoms with Crippen molar-refractivity contribution in [3.63, 3.8) is 0 Å². The Bertz CT molecular complexity index is 483. The standard InChI is InChI=1S/C13H19N3O3S/c1-18-8-10-6-11(15-19-10)13(17)16(7-12(14)20)9-4-2-3-5-9/h6,9H,2-5,7-8H2,1H3,(H2,14,20). The fourth-order valence-electron chi connectivity index (χ4n) is 2.52. The highest BCUT2D eigenvalue weighted by atomic mass is 32.1. The van der Waals surface area contributed by atoms with Gasteiger partial charge >= 0.3 is 0 Å². The normalized spacial score (nSPS) is 15.4. The summed E-state index contributed by atoms with van der Waals surface area (Å²) in [7, 11) is 1.56. The molecule has 0 radical (unpaired) electrons. The van der Waals surface area contributed by atoms with E-state index in [0.717, 1.165) is 25.7 Å². The predicted molar refractivity (Wildman–Crippen MR) is 77.3 cm³/mol. The first-order chi connectivity index (χ1) is 9.61. The van der Waals surface area contributed by atoms with Gasteiger partial charge in [0.25, 0.3) is 5.91 Å². The van der Waals surface area contributed by atoms with E-state index in [-0.39, 0.29) is 24.2 Å².